The summed E-state index contributed by atoms with van der Waals surface area (Å²) in [6, 6.07) is 4.73. The molecule has 8 nitrogen and oxygen atoms in total. The Morgan fingerprint density at radius 1 is 1.27 bits per heavy atom. The lowest BCUT2D eigenvalue weighted by atomic mass is 10.1. The van der Waals surface area contributed by atoms with E-state index in [-0.39, 0.29) is 28.3 Å². The van der Waals surface area contributed by atoms with E-state index in [4.69, 9.17) is 33.4 Å². The molecule has 1 aliphatic carbocycles. The minimum Gasteiger partial charge on any atom is -0.438 e. The van der Waals surface area contributed by atoms with Gasteiger partial charge in [-0.2, -0.15) is 0 Å². The van der Waals surface area contributed by atoms with Gasteiger partial charge in [-0.15, -0.1) is 0 Å². The largest absolute Gasteiger partial charge is 0.438 e. The summed E-state index contributed by atoms with van der Waals surface area (Å²) < 4.78 is 33.0. The van der Waals surface area contributed by atoms with Crippen LogP contribution >= 0.6 is 23.2 Å². The predicted octanol–water partition coefficient (Wildman–Crippen LogP) is 4.72. The van der Waals surface area contributed by atoms with E-state index in [0.717, 1.165) is 12.8 Å². The molecule has 2 aromatic heterocycles. The molecule has 0 amide bonds. The van der Waals surface area contributed by atoms with Crippen LogP contribution in [0.25, 0.3) is 22.7 Å². The van der Waals surface area contributed by atoms with Crippen LogP contribution in [0, 0.1) is 0 Å². The zero-order valence-corrected chi connectivity index (χ0v) is 18.4. The number of nitrogen functional groups attached to an aromatic ring is 1. The minimum atomic E-state index is -3.56. The molecule has 0 saturated heterocycles. The first-order valence-corrected chi connectivity index (χ1v) is 11.8. The lowest BCUT2D eigenvalue weighted by molar-refractivity contribution is 0.508. The Labute approximate surface area is 183 Å². The molecule has 11 heteroatoms. The van der Waals surface area contributed by atoms with Crippen molar-refractivity contribution in [1.82, 2.24) is 15.0 Å². The predicted molar refractivity (Wildman–Crippen MR) is 117 cm³/mol. The smallest absolute Gasteiger partial charge is 0.232 e. The van der Waals surface area contributed by atoms with E-state index < -0.39 is 10.0 Å². The molecule has 0 spiro atoms. The third-order valence-electron chi connectivity index (χ3n) is 4.51. The number of sulfonamides is 1. The number of anilines is 2. The summed E-state index contributed by atoms with van der Waals surface area (Å²) in [5.41, 5.74) is 7.20. The minimum absolute atomic E-state index is 0.0353. The molecule has 0 unspecified atom stereocenters. The van der Waals surface area contributed by atoms with Crippen LogP contribution in [0.3, 0.4) is 0 Å². The van der Waals surface area contributed by atoms with Gasteiger partial charge in [0.1, 0.15) is 11.4 Å². The van der Waals surface area contributed by atoms with Gasteiger partial charge in [-0.05, 0) is 37.5 Å². The van der Waals surface area contributed by atoms with E-state index >= 15 is 0 Å². The number of rotatable bonds is 7. The second kappa shape index (κ2) is 8.05. The fraction of sp³-hybridized carbons (Fsp3) is 0.316. The van der Waals surface area contributed by atoms with E-state index in [1.54, 1.807) is 19.1 Å². The number of benzene rings is 1. The summed E-state index contributed by atoms with van der Waals surface area (Å²) in [7, 11) is -3.56. The van der Waals surface area contributed by atoms with Crippen molar-refractivity contribution in [3.8, 4) is 22.7 Å². The average Bonchev–Trinajstić information content (AvgIpc) is 3.43. The van der Waals surface area contributed by atoms with E-state index in [1.807, 2.05) is 0 Å². The molecule has 30 heavy (non-hydrogen) atoms. The molecule has 158 valence electrons. The van der Waals surface area contributed by atoms with Crippen molar-refractivity contribution in [2.45, 2.75) is 32.1 Å². The highest BCUT2D eigenvalue weighted by Gasteiger charge is 2.32. The molecule has 1 aromatic carbocycles. The molecular formula is C19H19Cl2N5O3S. The van der Waals surface area contributed by atoms with Gasteiger partial charge in [-0.1, -0.05) is 30.1 Å². The summed E-state index contributed by atoms with van der Waals surface area (Å²) in [6.45, 7) is 1.78. The highest BCUT2D eigenvalue weighted by molar-refractivity contribution is 7.92. The third kappa shape index (κ3) is 4.38. The van der Waals surface area contributed by atoms with Crippen LogP contribution in [0.1, 0.15) is 38.0 Å². The number of nitrogens with zero attached hydrogens (tertiary/aromatic N) is 3. The third-order valence-corrected chi connectivity index (χ3v) is 6.61. The SMILES string of the molecule is CCCS(=O)(=O)Nc1cc(Cl)cc(-c2nc(C3CC3)oc2-c2ccnc(N)n2)c1Cl. The van der Waals surface area contributed by atoms with Crippen molar-refractivity contribution in [3.63, 3.8) is 0 Å². The number of halogens is 2. The summed E-state index contributed by atoms with van der Waals surface area (Å²) in [5, 5.41) is 0.464. The van der Waals surface area contributed by atoms with Gasteiger partial charge in [0, 0.05) is 22.7 Å². The zero-order chi connectivity index (χ0) is 21.5. The molecule has 0 aliphatic heterocycles. The van der Waals surface area contributed by atoms with Crippen LogP contribution in [-0.2, 0) is 10.0 Å². The van der Waals surface area contributed by atoms with Gasteiger partial charge in [0.05, 0.1) is 16.5 Å². The maximum absolute atomic E-state index is 12.3. The maximum Gasteiger partial charge on any atom is 0.232 e. The van der Waals surface area contributed by atoms with Crippen LogP contribution in [0.4, 0.5) is 11.6 Å². The van der Waals surface area contributed by atoms with E-state index in [1.165, 1.54) is 12.3 Å². The molecule has 1 aliphatic rings. The standard InChI is InChI=1S/C19H19Cl2N5O3S/c1-2-7-30(27,28)26-14-9-11(20)8-12(15(14)21)16-17(13-5-6-23-19(22)24-13)29-18(25-16)10-3-4-10/h5-6,8-10,26H,2-4,7H2,1H3,(H2,22,23,24). The average molecular weight is 468 g/mol. The monoisotopic (exact) mass is 467 g/mol. The van der Waals surface area contributed by atoms with Crippen LogP contribution in [-0.4, -0.2) is 29.1 Å². The number of hydrogen-bond donors (Lipinski definition) is 2. The Bertz CT molecular complexity index is 1210. The Hall–Kier alpha value is -2.36. The summed E-state index contributed by atoms with van der Waals surface area (Å²) in [6.07, 6.45) is 3.95. The van der Waals surface area contributed by atoms with Crippen LogP contribution in [0.2, 0.25) is 10.0 Å². The highest BCUT2D eigenvalue weighted by atomic mass is 35.5. The fourth-order valence-corrected chi connectivity index (χ4v) is 4.68. The molecule has 0 atom stereocenters. The van der Waals surface area contributed by atoms with Crippen molar-refractivity contribution in [2.75, 3.05) is 16.2 Å². The number of nitrogens with two attached hydrogens (primary N) is 1. The van der Waals surface area contributed by atoms with E-state index in [0.29, 0.717) is 40.0 Å². The molecule has 3 aromatic rings. The topological polar surface area (TPSA) is 124 Å². The Morgan fingerprint density at radius 2 is 2.03 bits per heavy atom. The lowest BCUT2D eigenvalue weighted by Gasteiger charge is -2.12. The summed E-state index contributed by atoms with van der Waals surface area (Å²) in [4.78, 5) is 12.8. The summed E-state index contributed by atoms with van der Waals surface area (Å²) in [5.74, 6) is 1.23. The summed E-state index contributed by atoms with van der Waals surface area (Å²) >= 11 is 12.9. The quantitative estimate of drug-likeness (QED) is 0.514. The number of aromatic nitrogens is 3. The van der Waals surface area contributed by atoms with Crippen molar-refractivity contribution in [2.24, 2.45) is 0 Å². The molecule has 3 N–H and O–H groups in total. The van der Waals surface area contributed by atoms with Gasteiger partial charge in [0.25, 0.3) is 0 Å². The van der Waals surface area contributed by atoms with E-state index in [9.17, 15) is 8.42 Å². The zero-order valence-electron chi connectivity index (χ0n) is 16.0. The van der Waals surface area contributed by atoms with Gasteiger partial charge in [0.15, 0.2) is 11.7 Å². The van der Waals surface area contributed by atoms with Crippen molar-refractivity contribution < 1.29 is 12.8 Å². The lowest BCUT2D eigenvalue weighted by Crippen LogP contribution is -2.16. The molecule has 1 saturated carbocycles. The molecular weight excluding hydrogens is 449 g/mol. The second-order valence-electron chi connectivity index (χ2n) is 7.04. The first kappa shape index (κ1) is 20.9. The molecule has 0 bridgehead atoms. The van der Waals surface area contributed by atoms with Crippen LogP contribution < -0.4 is 10.5 Å². The number of hydrogen-bond acceptors (Lipinski definition) is 7. The Kier molecular flexibility index (Phi) is 5.61. The second-order valence-corrected chi connectivity index (χ2v) is 9.70. The normalized spacial score (nSPS) is 14.1. The van der Waals surface area contributed by atoms with E-state index in [2.05, 4.69) is 19.7 Å². The first-order valence-electron chi connectivity index (χ1n) is 9.37. The first-order chi connectivity index (χ1) is 14.3. The van der Waals surface area contributed by atoms with Gasteiger partial charge in [-0.3, -0.25) is 4.72 Å². The number of oxazole rings is 1. The Balaban J connectivity index is 1.86. The fourth-order valence-electron chi connectivity index (χ4n) is 3.02. The van der Waals surface area contributed by atoms with Crippen LogP contribution in [0.15, 0.2) is 28.8 Å². The number of nitrogens with one attached hydrogen (secondary N) is 1. The van der Waals surface area contributed by atoms with Crippen molar-refractivity contribution in [1.29, 1.82) is 0 Å². The molecule has 1 fully saturated rings. The highest BCUT2D eigenvalue weighted by Crippen LogP contribution is 2.46. The molecule has 4 rings (SSSR count). The molecule has 0 radical (unpaired) electrons. The maximum atomic E-state index is 12.3. The van der Waals surface area contributed by atoms with Gasteiger partial charge in [-0.25, -0.2) is 23.4 Å². The van der Waals surface area contributed by atoms with Gasteiger partial charge >= 0.3 is 0 Å². The van der Waals surface area contributed by atoms with Crippen molar-refractivity contribution in [3.05, 3.63) is 40.3 Å². The Morgan fingerprint density at radius 3 is 2.70 bits per heavy atom. The van der Waals surface area contributed by atoms with Gasteiger partial charge < -0.3 is 10.2 Å². The van der Waals surface area contributed by atoms with Crippen molar-refractivity contribution >= 4 is 44.9 Å². The molecule has 2 heterocycles. The van der Waals surface area contributed by atoms with Gasteiger partial charge in [0.2, 0.25) is 16.0 Å². The van der Waals surface area contributed by atoms with Crippen LogP contribution in [0.5, 0.6) is 0 Å².